The number of primary amides is 1. The minimum atomic E-state index is -0.712. The van der Waals surface area contributed by atoms with Crippen LogP contribution in [0, 0.1) is 0 Å². The number of nitrogens with zero attached hydrogens (tertiary/aromatic N) is 3. The third-order valence-electron chi connectivity index (χ3n) is 5.03. The van der Waals surface area contributed by atoms with Gasteiger partial charge < -0.3 is 27.0 Å². The molecule has 1 aliphatic carbocycles. The molecule has 10 heteroatoms. The number of carbonyl (C=O) groups is 2. The molecule has 0 radical (unpaired) electrons. The molecule has 2 atom stereocenters. The number of hydrogen-bond donors (Lipinski definition) is 4. The van der Waals surface area contributed by atoms with Crippen molar-refractivity contribution >= 4 is 40.7 Å². The molecule has 0 saturated heterocycles. The summed E-state index contributed by atoms with van der Waals surface area (Å²) in [5, 5.41) is 6.60. The molecule has 30 heavy (non-hydrogen) atoms. The molecule has 0 aliphatic heterocycles. The molecule has 1 heterocycles. The van der Waals surface area contributed by atoms with Crippen LogP contribution in [0.3, 0.4) is 0 Å². The number of amides is 2. The van der Waals surface area contributed by atoms with E-state index in [-0.39, 0.29) is 34.5 Å². The molecule has 9 nitrogen and oxygen atoms in total. The third kappa shape index (κ3) is 4.98. The van der Waals surface area contributed by atoms with Crippen molar-refractivity contribution in [3.63, 3.8) is 0 Å². The maximum Gasteiger partial charge on any atom is 0.271 e. The first-order chi connectivity index (χ1) is 14.3. The number of benzene rings is 1. The van der Waals surface area contributed by atoms with E-state index >= 15 is 0 Å². The molecule has 160 valence electrons. The van der Waals surface area contributed by atoms with E-state index in [0.717, 1.165) is 25.7 Å². The summed E-state index contributed by atoms with van der Waals surface area (Å²) in [6.07, 6.45) is 5.58. The summed E-state index contributed by atoms with van der Waals surface area (Å²) in [4.78, 5) is 34.0. The number of nitrogens with one attached hydrogen (secondary N) is 2. The van der Waals surface area contributed by atoms with Gasteiger partial charge in [-0.05, 0) is 31.0 Å². The van der Waals surface area contributed by atoms with Crippen LogP contribution in [0.2, 0.25) is 5.02 Å². The number of hydrogen-bond acceptors (Lipinski definition) is 7. The lowest BCUT2D eigenvalue weighted by Gasteiger charge is -2.29. The second kappa shape index (κ2) is 9.27. The van der Waals surface area contributed by atoms with Crippen LogP contribution < -0.4 is 22.1 Å². The number of carbonyl (C=O) groups excluding carboxylic acids is 2. The molecular formula is C20H26ClN7O2. The summed E-state index contributed by atoms with van der Waals surface area (Å²) in [6.45, 7) is 0. The monoisotopic (exact) mass is 431 g/mol. The summed E-state index contributed by atoms with van der Waals surface area (Å²) in [7, 11) is 3.30. The molecule has 2 aromatic rings. The lowest BCUT2D eigenvalue weighted by atomic mass is 9.91. The highest BCUT2D eigenvalue weighted by molar-refractivity contribution is 6.34. The highest BCUT2D eigenvalue weighted by Gasteiger charge is 2.23. The Morgan fingerprint density at radius 3 is 2.60 bits per heavy atom. The normalized spacial score (nSPS) is 18.5. The van der Waals surface area contributed by atoms with Gasteiger partial charge in [0.2, 0.25) is 0 Å². The molecule has 1 aliphatic rings. The van der Waals surface area contributed by atoms with Crippen molar-refractivity contribution in [3.05, 3.63) is 40.7 Å². The van der Waals surface area contributed by atoms with E-state index in [1.165, 1.54) is 11.1 Å². The zero-order valence-corrected chi connectivity index (χ0v) is 17.7. The van der Waals surface area contributed by atoms with Gasteiger partial charge in [-0.15, -0.1) is 0 Å². The lowest BCUT2D eigenvalue weighted by molar-refractivity contribution is 0.0827. The number of anilines is 3. The van der Waals surface area contributed by atoms with Gasteiger partial charge in [-0.1, -0.05) is 24.4 Å². The zero-order chi connectivity index (χ0) is 21.8. The first kappa shape index (κ1) is 21.8. The molecule has 0 unspecified atom stereocenters. The average molecular weight is 432 g/mol. The third-order valence-corrected chi connectivity index (χ3v) is 5.34. The van der Waals surface area contributed by atoms with Crippen LogP contribution in [0.15, 0.2) is 24.4 Å². The highest BCUT2D eigenvalue weighted by Crippen LogP contribution is 2.26. The highest BCUT2D eigenvalue weighted by atomic mass is 35.5. The van der Waals surface area contributed by atoms with Gasteiger partial charge in [0.05, 0.1) is 16.8 Å². The van der Waals surface area contributed by atoms with Crippen LogP contribution in [-0.2, 0) is 0 Å². The smallest absolute Gasteiger partial charge is 0.271 e. The van der Waals surface area contributed by atoms with E-state index in [9.17, 15) is 9.59 Å². The summed E-state index contributed by atoms with van der Waals surface area (Å²) in [5.41, 5.74) is 12.6. The summed E-state index contributed by atoms with van der Waals surface area (Å²) < 4.78 is 0. The number of aromatic nitrogens is 2. The molecular weight excluding hydrogens is 406 g/mol. The van der Waals surface area contributed by atoms with Crippen molar-refractivity contribution in [3.8, 4) is 0 Å². The minimum absolute atomic E-state index is 0.00180. The fourth-order valence-corrected chi connectivity index (χ4v) is 3.66. The molecule has 0 spiro atoms. The topological polar surface area (TPSA) is 139 Å². The quantitative estimate of drug-likeness (QED) is 0.550. The van der Waals surface area contributed by atoms with Crippen molar-refractivity contribution in [1.82, 2.24) is 14.9 Å². The van der Waals surface area contributed by atoms with Gasteiger partial charge in [-0.2, -0.15) is 0 Å². The van der Waals surface area contributed by atoms with E-state index in [0.29, 0.717) is 17.1 Å². The van der Waals surface area contributed by atoms with Crippen LogP contribution in [0.5, 0.6) is 0 Å². The molecule has 2 amide bonds. The number of rotatable bonds is 6. The van der Waals surface area contributed by atoms with Gasteiger partial charge in [0.15, 0.2) is 11.5 Å². The first-order valence-corrected chi connectivity index (χ1v) is 10.1. The maximum atomic E-state index is 12.2. The molecule has 0 bridgehead atoms. The molecule has 6 N–H and O–H groups in total. The molecule has 1 saturated carbocycles. The molecule has 1 aromatic carbocycles. The van der Waals surface area contributed by atoms with E-state index < -0.39 is 5.91 Å². The summed E-state index contributed by atoms with van der Waals surface area (Å²) in [6, 6.07) is 4.99. The second-order valence-corrected chi connectivity index (χ2v) is 7.94. The maximum absolute atomic E-state index is 12.2. The van der Waals surface area contributed by atoms with Crippen LogP contribution >= 0.6 is 11.6 Å². The predicted molar refractivity (Wildman–Crippen MR) is 117 cm³/mol. The Hall–Kier alpha value is -2.91. The van der Waals surface area contributed by atoms with Gasteiger partial charge in [-0.3, -0.25) is 9.59 Å². The lowest BCUT2D eigenvalue weighted by Crippen LogP contribution is -2.42. The van der Waals surface area contributed by atoms with Gasteiger partial charge in [-0.25, -0.2) is 9.97 Å². The van der Waals surface area contributed by atoms with E-state index in [2.05, 4.69) is 20.6 Å². The predicted octanol–water partition coefficient (Wildman–Crippen LogP) is 2.36. The van der Waals surface area contributed by atoms with Crippen molar-refractivity contribution in [2.75, 3.05) is 24.7 Å². The zero-order valence-electron chi connectivity index (χ0n) is 17.0. The Bertz CT molecular complexity index is 951. The average Bonchev–Trinajstić information content (AvgIpc) is 2.69. The van der Waals surface area contributed by atoms with Gasteiger partial charge >= 0.3 is 0 Å². The van der Waals surface area contributed by atoms with Crippen molar-refractivity contribution in [2.24, 2.45) is 11.5 Å². The molecule has 1 aromatic heterocycles. The summed E-state index contributed by atoms with van der Waals surface area (Å²) in [5.74, 6) is -0.231. The Morgan fingerprint density at radius 2 is 1.97 bits per heavy atom. The van der Waals surface area contributed by atoms with Crippen LogP contribution in [0.25, 0.3) is 0 Å². The van der Waals surface area contributed by atoms with E-state index in [1.54, 1.807) is 32.3 Å². The number of nitrogens with two attached hydrogens (primary N) is 2. The van der Waals surface area contributed by atoms with Gasteiger partial charge in [0, 0.05) is 31.9 Å². The van der Waals surface area contributed by atoms with Crippen LogP contribution in [0.1, 0.15) is 46.5 Å². The van der Waals surface area contributed by atoms with Crippen molar-refractivity contribution < 1.29 is 9.59 Å². The largest absolute Gasteiger partial charge is 0.364 e. The van der Waals surface area contributed by atoms with E-state index in [4.69, 9.17) is 23.1 Å². The first-order valence-electron chi connectivity index (χ1n) is 9.73. The van der Waals surface area contributed by atoms with Gasteiger partial charge in [0.1, 0.15) is 5.82 Å². The van der Waals surface area contributed by atoms with Gasteiger partial charge in [0.25, 0.3) is 11.8 Å². The molecule has 1 fully saturated rings. The van der Waals surface area contributed by atoms with Crippen molar-refractivity contribution in [2.45, 2.75) is 37.8 Å². The minimum Gasteiger partial charge on any atom is -0.364 e. The fraction of sp³-hybridized carbons (Fsp3) is 0.400. The Kier molecular flexibility index (Phi) is 6.73. The van der Waals surface area contributed by atoms with E-state index in [1.807, 2.05) is 0 Å². The second-order valence-electron chi connectivity index (χ2n) is 7.54. The Morgan fingerprint density at radius 1 is 1.23 bits per heavy atom. The van der Waals surface area contributed by atoms with Crippen molar-refractivity contribution in [1.29, 1.82) is 0 Å². The SMILES string of the molecule is CN(C)C(=O)c1ccc(Nc2nc(N[C@@H]3CCCC[C@@H]3N)cnc2C(N)=O)cc1Cl. The van der Waals surface area contributed by atoms with Crippen LogP contribution in [0.4, 0.5) is 17.3 Å². The van der Waals surface area contributed by atoms with Crippen LogP contribution in [-0.4, -0.2) is 52.9 Å². The number of halogens is 1. The fourth-order valence-electron chi connectivity index (χ4n) is 3.40. The molecule has 3 rings (SSSR count). The Labute approximate surface area is 180 Å². The standard InChI is InChI=1S/C20H26ClN7O2/c1-28(2)20(30)12-8-7-11(9-13(12)21)25-19-17(18(23)29)24-10-16(27-19)26-15-6-4-3-5-14(15)22/h7-10,14-15H,3-6,22H2,1-2H3,(H2,23,29)(H2,25,26,27)/t14-,15+/m0/s1. The summed E-state index contributed by atoms with van der Waals surface area (Å²) >= 11 is 6.27. The Balaban J connectivity index is 1.85.